The zero-order valence-electron chi connectivity index (χ0n) is 44.7. The zero-order valence-corrected chi connectivity index (χ0v) is 46.3. The van der Waals surface area contributed by atoms with Crippen LogP contribution in [0.5, 0.6) is 5.75 Å². The molecule has 6 unspecified atom stereocenters. The Bertz CT molecular complexity index is 2510. The molecule has 416 valence electrons. The molecule has 19 nitrogen and oxygen atoms in total. The Morgan fingerprint density at radius 2 is 1.76 bits per heavy atom. The number of thioether (sulfide) groups is 1. The molecule has 7 rings (SSSR count). The molecule has 3 fully saturated rings. The van der Waals surface area contributed by atoms with E-state index in [2.05, 4.69) is 16.0 Å². The fraction of sp³-hybridized carbons (Fsp3) is 0.582. The van der Waals surface area contributed by atoms with Gasteiger partial charge in [-0.05, 0) is 101 Å². The zero-order chi connectivity index (χ0) is 55.5. The summed E-state index contributed by atoms with van der Waals surface area (Å²) in [6.45, 7) is 7.79. The summed E-state index contributed by atoms with van der Waals surface area (Å²) >= 11 is 8.11. The van der Waals surface area contributed by atoms with Crippen molar-refractivity contribution in [3.05, 3.63) is 81.4 Å². The second-order valence-corrected chi connectivity index (χ2v) is 22.3. The number of carbonyl (C=O) groups is 7. The lowest BCUT2D eigenvalue weighted by atomic mass is 9.72. The Labute approximate surface area is 454 Å². The number of aldehydes is 2. The number of halogens is 1. The average Bonchev–Trinajstić information content (AvgIpc) is 3.40. The van der Waals surface area contributed by atoms with E-state index >= 15 is 0 Å². The first-order chi connectivity index (χ1) is 36.0. The number of ether oxygens (including phenoxy) is 5. The van der Waals surface area contributed by atoms with Crippen LogP contribution in [0, 0.1) is 11.8 Å². The van der Waals surface area contributed by atoms with Crippen molar-refractivity contribution in [3.8, 4) is 5.75 Å². The molecule has 0 spiro atoms. The van der Waals surface area contributed by atoms with Gasteiger partial charge < -0.3 is 54.3 Å². The van der Waals surface area contributed by atoms with E-state index in [4.69, 9.17) is 35.3 Å². The van der Waals surface area contributed by atoms with Gasteiger partial charge in [-0.25, -0.2) is 10.1 Å². The fourth-order valence-corrected chi connectivity index (χ4v) is 11.6. The molecule has 0 radical (unpaired) electrons. The van der Waals surface area contributed by atoms with Gasteiger partial charge in [0.25, 0.3) is 0 Å². The normalized spacial score (nSPS) is 29.3. The van der Waals surface area contributed by atoms with Crippen molar-refractivity contribution in [2.75, 3.05) is 57.8 Å². The number of nitrogens with zero attached hydrogens (tertiary/aromatic N) is 2. The summed E-state index contributed by atoms with van der Waals surface area (Å²) in [5.41, 5.74) is -0.673. The first-order valence-corrected chi connectivity index (χ1v) is 27.2. The number of anilines is 1. The first kappa shape index (κ1) is 60.0. The summed E-state index contributed by atoms with van der Waals surface area (Å²) in [5.74, 6) is -0.909. The maximum atomic E-state index is 14.4. The Kier molecular flexibility index (Phi) is 20.9. The molecular formula is C55H74ClN5O14S. The standard InChI is InChI=1S/C55H74ClN5O14S/c1-33-10-9-11-43(72-8)55(70)27-45(74-52(69)59-55)54(4)32-53(3,75-54)44(26-48(66)61(6)41-24-37(22-33)25-42(71-7)49(41)56)73-51(68)34(2)60(5)47(65)19-21-76-31-46(64)58-28-36-13-15-38(16-14-36)50(67)57-20-18-35-12-17-39(29-62)40(23-35)30-63/h9-12,17,23-25,29-30,34,36,38,43-45,52,59,69-70H,13-16,18-22,26-28,31-32H2,1-8H3,(H,57,67)(H,58,64)/b11-9+,33-10+/t34-,36?,38?,43?,44-,45?,52?,53?,54?,55?/m0/s1. The minimum atomic E-state index is -1.80. The number of esters is 1. The van der Waals surface area contributed by atoms with E-state index in [9.17, 15) is 43.8 Å². The number of likely N-dealkylation sites (N-methyl/N-ethyl adjacent to an activating group) is 1. The summed E-state index contributed by atoms with van der Waals surface area (Å²) in [5, 5.41) is 31.6. The van der Waals surface area contributed by atoms with Crippen LogP contribution in [0.3, 0.4) is 0 Å². The van der Waals surface area contributed by atoms with Gasteiger partial charge in [-0.1, -0.05) is 47.5 Å². The van der Waals surface area contributed by atoms with Gasteiger partial charge in [0.2, 0.25) is 30.0 Å². The van der Waals surface area contributed by atoms with E-state index in [-0.39, 0.29) is 66.0 Å². The van der Waals surface area contributed by atoms with Crippen molar-refractivity contribution in [2.45, 2.75) is 140 Å². The Hall–Kier alpha value is -5.19. The van der Waals surface area contributed by atoms with Crippen LogP contribution >= 0.6 is 23.4 Å². The van der Waals surface area contributed by atoms with Gasteiger partial charge >= 0.3 is 5.97 Å². The number of methoxy groups -OCH3 is 2. The SMILES string of the molecule is COc1cc2cc(c1Cl)N(C)C(=O)C[C@H](OC(=O)[C@H](C)N(C)C(=O)CCSCC(=O)NCC1CCC(C(=O)NCCc3ccc(C=O)c(C=O)c3)CC1)C1(C)CC(C)(O1)C1CC(O)(NC(O)O1)C(OC)/C=C/C=C(\C)C2. The number of fused-ring (bicyclic) bond motifs is 6. The Morgan fingerprint density at radius 1 is 1.05 bits per heavy atom. The minimum absolute atomic E-state index is 0.0207. The molecule has 1 saturated carbocycles. The summed E-state index contributed by atoms with van der Waals surface area (Å²) in [6, 6.07) is 7.51. The number of rotatable bonds is 18. The van der Waals surface area contributed by atoms with Crippen LogP contribution < -0.4 is 25.6 Å². The quantitative estimate of drug-likeness (QED) is 0.0761. The molecular weight excluding hydrogens is 1020 g/mol. The van der Waals surface area contributed by atoms with Gasteiger partial charge in [0.05, 0.1) is 36.7 Å². The number of aliphatic hydroxyl groups is 2. The maximum absolute atomic E-state index is 14.4. The third-order valence-electron chi connectivity index (χ3n) is 15.2. The topological polar surface area (TPSA) is 249 Å². The molecule has 1 aliphatic carbocycles. The lowest BCUT2D eigenvalue weighted by Crippen LogP contribution is -2.73. The van der Waals surface area contributed by atoms with Crippen LogP contribution in [0.15, 0.2) is 54.1 Å². The molecule has 8 atom stereocenters. The van der Waals surface area contributed by atoms with Gasteiger partial charge in [0.1, 0.15) is 34.6 Å². The number of amides is 4. The van der Waals surface area contributed by atoms with Crippen LogP contribution in [0.4, 0.5) is 5.69 Å². The molecule has 21 heteroatoms. The number of benzene rings is 2. The van der Waals surface area contributed by atoms with Crippen molar-refractivity contribution in [3.63, 3.8) is 0 Å². The molecule has 4 amide bonds. The highest BCUT2D eigenvalue weighted by Gasteiger charge is 2.63. The highest BCUT2D eigenvalue weighted by atomic mass is 35.5. The van der Waals surface area contributed by atoms with Crippen LogP contribution in [-0.4, -0.2) is 158 Å². The smallest absolute Gasteiger partial charge is 0.328 e. The number of hydrogen-bond acceptors (Lipinski definition) is 16. The second kappa shape index (κ2) is 26.4. The van der Waals surface area contributed by atoms with Gasteiger partial charge in [-0.15, -0.1) is 0 Å². The number of aliphatic hydroxyl groups excluding tert-OH is 1. The summed E-state index contributed by atoms with van der Waals surface area (Å²) < 4.78 is 30.0. The second-order valence-electron chi connectivity index (χ2n) is 20.8. The van der Waals surface area contributed by atoms with E-state index in [1.54, 1.807) is 63.4 Å². The van der Waals surface area contributed by atoms with Gasteiger partial charge in [-0.2, -0.15) is 11.8 Å². The molecule has 2 saturated heterocycles. The predicted molar refractivity (Wildman–Crippen MR) is 286 cm³/mol. The van der Waals surface area contributed by atoms with Crippen molar-refractivity contribution < 1.29 is 67.5 Å². The molecule has 5 aliphatic rings. The molecule has 76 heavy (non-hydrogen) atoms. The number of hydrogen-bond donors (Lipinski definition) is 5. The van der Waals surface area contributed by atoms with Crippen LogP contribution in [-0.2, 0) is 55.8 Å². The van der Waals surface area contributed by atoms with E-state index in [0.717, 1.165) is 29.5 Å². The summed E-state index contributed by atoms with van der Waals surface area (Å²) in [6.07, 6.45) is 5.64. The number of allylic oxidation sites excluding steroid dienone is 3. The van der Waals surface area contributed by atoms with Crippen LogP contribution in [0.25, 0.3) is 0 Å². The summed E-state index contributed by atoms with van der Waals surface area (Å²) in [7, 11) is 5.97. The molecule has 2 aromatic carbocycles. The lowest BCUT2D eigenvalue weighted by Gasteiger charge is -2.60. The molecule has 2 aromatic rings. The van der Waals surface area contributed by atoms with E-state index < -0.39 is 59.6 Å². The number of carbonyl (C=O) groups excluding carboxylic acids is 7. The minimum Gasteiger partial charge on any atom is -0.495 e. The Morgan fingerprint density at radius 3 is 2.43 bits per heavy atom. The van der Waals surface area contributed by atoms with Crippen LogP contribution in [0.1, 0.15) is 111 Å². The van der Waals surface area contributed by atoms with Crippen molar-refractivity contribution >= 4 is 71.2 Å². The summed E-state index contributed by atoms with van der Waals surface area (Å²) in [4.78, 5) is 92.6. The van der Waals surface area contributed by atoms with E-state index in [0.29, 0.717) is 79.7 Å². The fourth-order valence-electron chi connectivity index (χ4n) is 10.5. The monoisotopic (exact) mass is 1100 g/mol. The molecule has 5 N–H and O–H groups in total. The van der Waals surface area contributed by atoms with Crippen LogP contribution in [0.2, 0.25) is 5.02 Å². The van der Waals surface area contributed by atoms with Crippen molar-refractivity contribution in [1.29, 1.82) is 0 Å². The van der Waals surface area contributed by atoms with Crippen molar-refractivity contribution in [1.82, 2.24) is 20.9 Å². The molecule has 4 heterocycles. The molecule has 6 bridgehead atoms. The van der Waals surface area contributed by atoms with E-state index in [1.165, 1.54) is 49.8 Å². The van der Waals surface area contributed by atoms with Gasteiger partial charge in [-0.3, -0.25) is 28.8 Å². The van der Waals surface area contributed by atoms with Crippen molar-refractivity contribution in [2.24, 2.45) is 11.8 Å². The maximum Gasteiger partial charge on any atom is 0.328 e. The largest absolute Gasteiger partial charge is 0.495 e. The average molecular weight is 1100 g/mol. The lowest BCUT2D eigenvalue weighted by molar-refractivity contribution is -0.364. The highest BCUT2D eigenvalue weighted by Crippen LogP contribution is 2.51. The molecule has 0 aromatic heterocycles. The first-order valence-electron chi connectivity index (χ1n) is 25.7. The predicted octanol–water partition coefficient (Wildman–Crippen LogP) is 4.84. The molecule has 4 aliphatic heterocycles. The van der Waals surface area contributed by atoms with Gasteiger partial charge in [0.15, 0.2) is 18.3 Å². The van der Waals surface area contributed by atoms with E-state index in [1.807, 2.05) is 13.0 Å². The Balaban J connectivity index is 1.02. The highest BCUT2D eigenvalue weighted by molar-refractivity contribution is 7.99. The third-order valence-corrected chi connectivity index (χ3v) is 16.5. The number of nitrogens with one attached hydrogen (secondary N) is 3. The third kappa shape index (κ3) is 14.9. The van der Waals surface area contributed by atoms with Gasteiger partial charge in [0, 0.05) is 76.4 Å².